The Kier molecular flexibility index (Phi) is 4.50. The molecule has 7 heteroatoms. The molecule has 0 radical (unpaired) electrons. The Balaban J connectivity index is 2.83. The van der Waals surface area contributed by atoms with E-state index in [1.807, 2.05) is 0 Å². The Morgan fingerprint density at radius 2 is 1.72 bits per heavy atom. The van der Waals surface area contributed by atoms with Gasteiger partial charge in [0, 0.05) is 0 Å². The van der Waals surface area contributed by atoms with Gasteiger partial charge >= 0.3 is 5.97 Å². The third-order valence-electron chi connectivity index (χ3n) is 2.21. The van der Waals surface area contributed by atoms with Gasteiger partial charge in [0.2, 0.25) is 6.10 Å². The fourth-order valence-electron chi connectivity index (χ4n) is 1.24. The summed E-state index contributed by atoms with van der Waals surface area (Å²) >= 11 is 0. The van der Waals surface area contributed by atoms with Crippen LogP contribution in [0, 0.1) is 0 Å². The lowest BCUT2D eigenvalue weighted by Gasteiger charge is -2.19. The van der Waals surface area contributed by atoms with Crippen LogP contribution in [-0.4, -0.2) is 36.2 Å². The largest absolute Gasteiger partial charge is 0.497 e. The van der Waals surface area contributed by atoms with Crippen LogP contribution in [0.2, 0.25) is 0 Å². The van der Waals surface area contributed by atoms with E-state index < -0.39 is 24.0 Å². The number of methoxy groups -OCH3 is 1. The molecule has 0 aromatic heterocycles. The number of carbonyl (C=O) groups is 2. The average Bonchev–Trinajstić information content (AvgIpc) is 2.35. The smallest absolute Gasteiger partial charge is 0.324 e. The highest BCUT2D eigenvalue weighted by Gasteiger charge is 2.31. The second kappa shape index (κ2) is 5.87. The van der Waals surface area contributed by atoms with Gasteiger partial charge < -0.3 is 26.0 Å². The fraction of sp³-hybridized carbons (Fsp3) is 0.273. The number of carboxylic acid groups (broad SMARTS) is 1. The van der Waals surface area contributed by atoms with Crippen molar-refractivity contribution in [2.45, 2.75) is 12.1 Å². The lowest BCUT2D eigenvalue weighted by atomic mass is 10.1. The molecule has 1 rings (SSSR count). The van der Waals surface area contributed by atoms with Crippen LogP contribution in [0.15, 0.2) is 24.3 Å². The van der Waals surface area contributed by atoms with Gasteiger partial charge in [0.05, 0.1) is 7.11 Å². The quantitative estimate of drug-likeness (QED) is 0.618. The molecule has 1 aromatic rings. The Hall–Kier alpha value is -2.28. The van der Waals surface area contributed by atoms with Crippen LogP contribution in [0.3, 0.4) is 0 Å². The number of hydrogen-bond acceptors (Lipinski definition) is 5. The van der Waals surface area contributed by atoms with E-state index >= 15 is 0 Å². The van der Waals surface area contributed by atoms with E-state index in [1.54, 1.807) is 12.1 Å². The van der Waals surface area contributed by atoms with Gasteiger partial charge in [-0.05, 0) is 24.3 Å². The number of nitrogens with two attached hydrogens (primary N) is 2. The Morgan fingerprint density at radius 3 is 2.11 bits per heavy atom. The van der Waals surface area contributed by atoms with Crippen molar-refractivity contribution < 1.29 is 24.2 Å². The third-order valence-corrected chi connectivity index (χ3v) is 2.21. The first kappa shape index (κ1) is 13.8. The molecule has 18 heavy (non-hydrogen) atoms. The van der Waals surface area contributed by atoms with Crippen molar-refractivity contribution in [1.82, 2.24) is 0 Å². The zero-order chi connectivity index (χ0) is 13.7. The molecule has 0 fully saturated rings. The lowest BCUT2D eigenvalue weighted by molar-refractivity contribution is -0.144. The van der Waals surface area contributed by atoms with Crippen LogP contribution < -0.4 is 20.9 Å². The predicted octanol–water partition coefficient (Wildman–Crippen LogP) is -0.660. The molecular weight excluding hydrogens is 240 g/mol. The van der Waals surface area contributed by atoms with E-state index in [-0.39, 0.29) is 5.75 Å². The highest BCUT2D eigenvalue weighted by Crippen LogP contribution is 2.18. The standard InChI is InChI=1S/C11H14N2O5/c1-17-6-2-4-7(5-3-6)18-9(10(13)14)8(12)11(15)16/h2-5,8-9H,12H2,1H3,(H2,13,14)(H,15,16)/t8-,9-/m1/s1. The third kappa shape index (κ3) is 3.36. The van der Waals surface area contributed by atoms with E-state index in [4.69, 9.17) is 26.0 Å². The van der Waals surface area contributed by atoms with E-state index in [0.717, 1.165) is 0 Å². The van der Waals surface area contributed by atoms with E-state index in [9.17, 15) is 9.59 Å². The molecule has 2 atom stereocenters. The molecule has 7 nitrogen and oxygen atoms in total. The Morgan fingerprint density at radius 1 is 1.22 bits per heavy atom. The van der Waals surface area contributed by atoms with Crippen molar-refractivity contribution in [2.75, 3.05) is 7.11 Å². The first-order chi connectivity index (χ1) is 8.45. The maximum Gasteiger partial charge on any atom is 0.324 e. The van der Waals surface area contributed by atoms with Gasteiger partial charge in [-0.1, -0.05) is 0 Å². The maximum atomic E-state index is 11.1. The molecule has 0 aliphatic carbocycles. The number of rotatable bonds is 6. The summed E-state index contributed by atoms with van der Waals surface area (Å²) in [4.78, 5) is 21.8. The zero-order valence-electron chi connectivity index (χ0n) is 9.70. The normalized spacial score (nSPS) is 13.4. The van der Waals surface area contributed by atoms with Crippen molar-refractivity contribution in [3.8, 4) is 11.5 Å². The molecule has 0 bridgehead atoms. The Bertz CT molecular complexity index is 432. The minimum Gasteiger partial charge on any atom is -0.497 e. The monoisotopic (exact) mass is 254 g/mol. The number of ether oxygens (including phenoxy) is 2. The second-order valence-corrected chi connectivity index (χ2v) is 3.48. The summed E-state index contributed by atoms with van der Waals surface area (Å²) in [5.74, 6) is -1.44. The lowest BCUT2D eigenvalue weighted by Crippen LogP contribution is -2.52. The van der Waals surface area contributed by atoms with Crippen molar-refractivity contribution in [3.63, 3.8) is 0 Å². The van der Waals surface area contributed by atoms with Crippen molar-refractivity contribution in [2.24, 2.45) is 11.5 Å². The summed E-state index contributed by atoms with van der Waals surface area (Å²) < 4.78 is 10.1. The van der Waals surface area contributed by atoms with Crippen LogP contribution >= 0.6 is 0 Å². The second-order valence-electron chi connectivity index (χ2n) is 3.48. The van der Waals surface area contributed by atoms with Gasteiger partial charge in [0.15, 0.2) is 0 Å². The van der Waals surface area contributed by atoms with Gasteiger partial charge in [0.1, 0.15) is 17.5 Å². The molecule has 0 aliphatic heterocycles. The zero-order valence-corrected chi connectivity index (χ0v) is 9.70. The molecule has 98 valence electrons. The van der Waals surface area contributed by atoms with Crippen LogP contribution in [0.4, 0.5) is 0 Å². The first-order valence-corrected chi connectivity index (χ1v) is 5.04. The molecule has 0 heterocycles. The van der Waals surface area contributed by atoms with Crippen LogP contribution in [-0.2, 0) is 9.59 Å². The van der Waals surface area contributed by atoms with E-state index in [0.29, 0.717) is 5.75 Å². The van der Waals surface area contributed by atoms with Crippen LogP contribution in [0.25, 0.3) is 0 Å². The number of hydrogen-bond donors (Lipinski definition) is 3. The van der Waals surface area contributed by atoms with Gasteiger partial charge in [-0.15, -0.1) is 0 Å². The molecule has 0 saturated carbocycles. The summed E-state index contributed by atoms with van der Waals surface area (Å²) in [6.07, 6.45) is -1.43. The minimum absolute atomic E-state index is 0.274. The Labute approximate surface area is 103 Å². The summed E-state index contributed by atoms with van der Waals surface area (Å²) in [6, 6.07) is 4.70. The number of carboxylic acids is 1. The molecule has 0 spiro atoms. The van der Waals surface area contributed by atoms with E-state index in [1.165, 1.54) is 19.2 Å². The van der Waals surface area contributed by atoms with Crippen molar-refractivity contribution >= 4 is 11.9 Å². The van der Waals surface area contributed by atoms with E-state index in [2.05, 4.69) is 0 Å². The molecular formula is C11H14N2O5. The molecule has 1 aromatic carbocycles. The molecule has 0 unspecified atom stereocenters. The number of amides is 1. The molecule has 1 amide bonds. The molecule has 5 N–H and O–H groups in total. The summed E-state index contributed by atoms with van der Waals surface area (Å²) in [5.41, 5.74) is 10.4. The fourth-order valence-corrected chi connectivity index (χ4v) is 1.24. The van der Waals surface area contributed by atoms with Gasteiger partial charge in [-0.3, -0.25) is 9.59 Å². The van der Waals surface area contributed by atoms with Crippen molar-refractivity contribution in [3.05, 3.63) is 24.3 Å². The van der Waals surface area contributed by atoms with Crippen LogP contribution in [0.1, 0.15) is 0 Å². The number of aliphatic carboxylic acids is 1. The van der Waals surface area contributed by atoms with Crippen molar-refractivity contribution in [1.29, 1.82) is 0 Å². The summed E-state index contributed by atoms with van der Waals surface area (Å²) in [5, 5.41) is 8.73. The highest BCUT2D eigenvalue weighted by atomic mass is 16.5. The predicted molar refractivity (Wildman–Crippen MR) is 62.2 cm³/mol. The van der Waals surface area contributed by atoms with Gasteiger partial charge in [0.25, 0.3) is 5.91 Å². The topological polar surface area (TPSA) is 125 Å². The van der Waals surface area contributed by atoms with Gasteiger partial charge in [-0.25, -0.2) is 0 Å². The molecule has 0 saturated heterocycles. The number of primary amides is 1. The van der Waals surface area contributed by atoms with Crippen LogP contribution in [0.5, 0.6) is 11.5 Å². The number of carbonyl (C=O) groups excluding carboxylic acids is 1. The summed E-state index contributed by atoms with van der Waals surface area (Å²) in [6.45, 7) is 0. The number of benzene rings is 1. The maximum absolute atomic E-state index is 11.1. The molecule has 0 aliphatic rings. The van der Waals surface area contributed by atoms with Gasteiger partial charge in [-0.2, -0.15) is 0 Å². The SMILES string of the molecule is COc1ccc(O[C@@H](C(N)=O)[C@@H](N)C(=O)O)cc1. The summed E-state index contributed by atoms with van der Waals surface area (Å²) in [7, 11) is 1.50. The highest BCUT2D eigenvalue weighted by molar-refractivity contribution is 5.87. The average molecular weight is 254 g/mol. The minimum atomic E-state index is -1.52. The first-order valence-electron chi connectivity index (χ1n) is 5.04.